The fourth-order valence-corrected chi connectivity index (χ4v) is 5.76. The van der Waals surface area contributed by atoms with Gasteiger partial charge in [0.1, 0.15) is 11.6 Å². The van der Waals surface area contributed by atoms with Crippen LogP contribution >= 0.6 is 0 Å². The highest BCUT2D eigenvalue weighted by atomic mass is 32.2. The molecule has 0 saturated carbocycles. The first-order chi connectivity index (χ1) is 12.8. The van der Waals surface area contributed by atoms with Crippen molar-refractivity contribution >= 4 is 10.0 Å². The molecule has 2 aromatic rings. The average molecular weight is 395 g/mol. The SMILES string of the molecule is COC[C@@H]1CC[C@H](c2ccc(F)cc2)N1S(=O)(=O)c1cc(C)c(F)c(C)c1. The van der Waals surface area contributed by atoms with Crippen LogP contribution in [-0.2, 0) is 14.8 Å². The summed E-state index contributed by atoms with van der Waals surface area (Å²) >= 11 is 0. The molecular weight excluding hydrogens is 372 g/mol. The summed E-state index contributed by atoms with van der Waals surface area (Å²) in [5, 5.41) is 0. The quantitative estimate of drug-likeness (QED) is 0.765. The highest BCUT2D eigenvalue weighted by Gasteiger charge is 2.43. The van der Waals surface area contributed by atoms with Crippen LogP contribution in [0.5, 0.6) is 0 Å². The molecule has 0 bridgehead atoms. The fourth-order valence-electron chi connectivity index (χ4n) is 3.75. The summed E-state index contributed by atoms with van der Waals surface area (Å²) in [7, 11) is -2.36. The largest absolute Gasteiger partial charge is 0.383 e. The Kier molecular flexibility index (Phi) is 5.65. The van der Waals surface area contributed by atoms with Crippen LogP contribution in [0, 0.1) is 25.5 Å². The van der Waals surface area contributed by atoms with Gasteiger partial charge in [-0.2, -0.15) is 4.31 Å². The number of sulfonamides is 1. The van der Waals surface area contributed by atoms with E-state index in [4.69, 9.17) is 4.74 Å². The summed E-state index contributed by atoms with van der Waals surface area (Å²) in [5.74, 6) is -0.775. The van der Waals surface area contributed by atoms with Gasteiger partial charge in [0.15, 0.2) is 0 Å². The van der Waals surface area contributed by atoms with E-state index in [1.54, 1.807) is 26.0 Å². The highest BCUT2D eigenvalue weighted by molar-refractivity contribution is 7.89. The monoisotopic (exact) mass is 395 g/mol. The van der Waals surface area contributed by atoms with E-state index in [9.17, 15) is 17.2 Å². The van der Waals surface area contributed by atoms with E-state index >= 15 is 0 Å². The predicted molar refractivity (Wildman–Crippen MR) is 98.9 cm³/mol. The third kappa shape index (κ3) is 3.77. The molecule has 1 heterocycles. The summed E-state index contributed by atoms with van der Waals surface area (Å²) in [5.41, 5.74) is 1.30. The first-order valence-corrected chi connectivity index (χ1v) is 10.2. The molecule has 0 amide bonds. The van der Waals surface area contributed by atoms with Gasteiger partial charge in [-0.15, -0.1) is 0 Å². The number of aryl methyl sites for hydroxylation is 2. The summed E-state index contributed by atoms with van der Waals surface area (Å²) in [6.07, 6.45) is 1.24. The molecule has 1 fully saturated rings. The van der Waals surface area contributed by atoms with Crippen molar-refractivity contribution < 1.29 is 21.9 Å². The Balaban J connectivity index is 2.08. The molecule has 7 heteroatoms. The highest BCUT2D eigenvalue weighted by Crippen LogP contribution is 2.41. The van der Waals surface area contributed by atoms with Crippen LogP contribution in [0.25, 0.3) is 0 Å². The maximum atomic E-state index is 14.0. The molecule has 0 radical (unpaired) electrons. The number of halogens is 2. The van der Waals surface area contributed by atoms with Gasteiger partial charge in [-0.25, -0.2) is 17.2 Å². The standard InChI is InChI=1S/C20H23F2NO3S/c1-13-10-18(11-14(2)20(13)22)27(24,25)23-17(12-26-3)8-9-19(23)15-4-6-16(21)7-5-15/h4-7,10-11,17,19H,8-9,12H2,1-3H3/t17-,19+/m0/s1. The van der Waals surface area contributed by atoms with E-state index in [2.05, 4.69) is 0 Å². The van der Waals surface area contributed by atoms with Crippen molar-refractivity contribution in [3.63, 3.8) is 0 Å². The lowest BCUT2D eigenvalue weighted by atomic mass is 10.1. The van der Waals surface area contributed by atoms with Gasteiger partial charge in [0.2, 0.25) is 10.0 Å². The molecule has 0 aliphatic carbocycles. The van der Waals surface area contributed by atoms with Crippen LogP contribution in [0.15, 0.2) is 41.3 Å². The molecule has 0 aromatic heterocycles. The van der Waals surface area contributed by atoms with Gasteiger partial charge in [0, 0.05) is 13.2 Å². The molecule has 2 aromatic carbocycles. The minimum Gasteiger partial charge on any atom is -0.383 e. The minimum absolute atomic E-state index is 0.0639. The molecular formula is C20H23F2NO3S. The summed E-state index contributed by atoms with van der Waals surface area (Å²) < 4.78 is 60.9. The first-order valence-electron chi connectivity index (χ1n) is 8.80. The second kappa shape index (κ2) is 7.66. The van der Waals surface area contributed by atoms with Gasteiger partial charge >= 0.3 is 0 Å². The van der Waals surface area contributed by atoms with Crippen molar-refractivity contribution in [2.45, 2.75) is 43.7 Å². The molecule has 1 aliphatic heterocycles. The minimum atomic E-state index is -3.89. The Bertz CT molecular complexity index is 906. The predicted octanol–water partition coefficient (Wildman–Crippen LogP) is 4.12. The average Bonchev–Trinajstić information content (AvgIpc) is 3.04. The lowest BCUT2D eigenvalue weighted by Crippen LogP contribution is -2.39. The van der Waals surface area contributed by atoms with Gasteiger partial charge in [0.25, 0.3) is 0 Å². The van der Waals surface area contributed by atoms with Crippen LogP contribution in [0.3, 0.4) is 0 Å². The Hall–Kier alpha value is -1.83. The lowest BCUT2D eigenvalue weighted by Gasteiger charge is -2.29. The third-order valence-electron chi connectivity index (χ3n) is 5.04. The van der Waals surface area contributed by atoms with Crippen molar-refractivity contribution in [1.29, 1.82) is 0 Å². The Morgan fingerprint density at radius 1 is 1.07 bits per heavy atom. The molecule has 0 unspecified atom stereocenters. The number of methoxy groups -OCH3 is 1. The number of benzene rings is 2. The van der Waals surface area contributed by atoms with Gasteiger partial charge in [-0.3, -0.25) is 0 Å². The molecule has 1 saturated heterocycles. The topological polar surface area (TPSA) is 46.6 Å². The second-order valence-electron chi connectivity index (χ2n) is 6.96. The van der Waals surface area contributed by atoms with E-state index < -0.39 is 21.9 Å². The molecule has 1 aliphatic rings. The van der Waals surface area contributed by atoms with Crippen molar-refractivity contribution in [3.05, 3.63) is 64.7 Å². The van der Waals surface area contributed by atoms with Crippen LogP contribution in [-0.4, -0.2) is 32.5 Å². The Labute approximate surface area is 158 Å². The van der Waals surface area contributed by atoms with Crippen LogP contribution in [0.1, 0.15) is 35.6 Å². The number of rotatable bonds is 5. The first kappa shape index (κ1) is 19.9. The zero-order valence-electron chi connectivity index (χ0n) is 15.6. The van der Waals surface area contributed by atoms with E-state index in [-0.39, 0.29) is 34.5 Å². The maximum Gasteiger partial charge on any atom is 0.243 e. The van der Waals surface area contributed by atoms with Crippen molar-refractivity contribution in [2.24, 2.45) is 0 Å². The third-order valence-corrected chi connectivity index (χ3v) is 6.98. The van der Waals surface area contributed by atoms with E-state index in [1.165, 1.54) is 35.7 Å². The molecule has 4 nitrogen and oxygen atoms in total. The van der Waals surface area contributed by atoms with Crippen LogP contribution < -0.4 is 0 Å². The number of hydrogen-bond acceptors (Lipinski definition) is 3. The van der Waals surface area contributed by atoms with Crippen LogP contribution in [0.2, 0.25) is 0 Å². The van der Waals surface area contributed by atoms with Crippen molar-refractivity contribution in [2.75, 3.05) is 13.7 Å². The Morgan fingerprint density at radius 2 is 1.67 bits per heavy atom. The molecule has 2 atom stereocenters. The maximum absolute atomic E-state index is 14.0. The van der Waals surface area contributed by atoms with Crippen LogP contribution in [0.4, 0.5) is 8.78 Å². The second-order valence-corrected chi connectivity index (χ2v) is 8.80. The normalized spacial score (nSPS) is 20.9. The molecule has 0 spiro atoms. The molecule has 3 rings (SSSR count). The number of hydrogen-bond donors (Lipinski definition) is 0. The fraction of sp³-hybridized carbons (Fsp3) is 0.400. The summed E-state index contributed by atoms with van der Waals surface area (Å²) in [4.78, 5) is 0.0639. The van der Waals surface area contributed by atoms with Crippen molar-refractivity contribution in [1.82, 2.24) is 4.31 Å². The smallest absolute Gasteiger partial charge is 0.243 e. The Morgan fingerprint density at radius 3 is 2.22 bits per heavy atom. The van der Waals surface area contributed by atoms with Gasteiger partial charge in [-0.1, -0.05) is 12.1 Å². The number of nitrogens with zero attached hydrogens (tertiary/aromatic N) is 1. The van der Waals surface area contributed by atoms with Crippen molar-refractivity contribution in [3.8, 4) is 0 Å². The summed E-state index contributed by atoms with van der Waals surface area (Å²) in [6, 6.07) is 7.86. The van der Waals surface area contributed by atoms with E-state index in [0.29, 0.717) is 12.8 Å². The molecule has 146 valence electrons. The van der Waals surface area contributed by atoms with Gasteiger partial charge < -0.3 is 4.74 Å². The number of ether oxygens (including phenoxy) is 1. The molecule has 0 N–H and O–H groups in total. The van der Waals surface area contributed by atoms with Gasteiger partial charge in [0.05, 0.1) is 17.5 Å². The zero-order valence-corrected chi connectivity index (χ0v) is 16.4. The lowest BCUT2D eigenvalue weighted by molar-refractivity contribution is 0.140. The van der Waals surface area contributed by atoms with Gasteiger partial charge in [-0.05, 0) is 67.6 Å². The van der Waals surface area contributed by atoms with E-state index in [0.717, 1.165) is 5.56 Å². The van der Waals surface area contributed by atoms with E-state index in [1.807, 2.05) is 0 Å². The zero-order chi connectivity index (χ0) is 19.8. The molecule has 27 heavy (non-hydrogen) atoms. The summed E-state index contributed by atoms with van der Waals surface area (Å²) in [6.45, 7) is 3.36.